The van der Waals surface area contributed by atoms with E-state index in [1.54, 1.807) is 12.2 Å². The molecule has 0 aromatic heterocycles. The smallest absolute Gasteiger partial charge is 0.328 e. The summed E-state index contributed by atoms with van der Waals surface area (Å²) in [7, 11) is 0. The summed E-state index contributed by atoms with van der Waals surface area (Å²) in [5.74, 6) is -0.440. The monoisotopic (exact) mass is 315 g/mol. The van der Waals surface area contributed by atoms with Crippen molar-refractivity contribution in [3.05, 3.63) is 60.2 Å². The normalized spacial score (nSPS) is 12.7. The summed E-state index contributed by atoms with van der Waals surface area (Å²) in [6.07, 6.45) is 7.15. The molecule has 1 amide bonds. The number of carbonyl (C=O) groups is 2. The third-order valence-electron chi connectivity index (χ3n) is 3.08. The molecule has 1 atom stereocenters. The fourth-order valence-electron chi connectivity index (χ4n) is 1.99. The lowest BCUT2D eigenvalue weighted by Crippen LogP contribution is -2.42. The maximum atomic E-state index is 12.2. The quantitative estimate of drug-likeness (QED) is 0.454. The molecule has 23 heavy (non-hydrogen) atoms. The van der Waals surface area contributed by atoms with Gasteiger partial charge in [0.15, 0.2) is 0 Å². The van der Waals surface area contributed by atoms with E-state index in [0.717, 1.165) is 5.56 Å². The van der Waals surface area contributed by atoms with Crippen LogP contribution < -0.4 is 5.32 Å². The van der Waals surface area contributed by atoms with Gasteiger partial charge in [-0.3, -0.25) is 4.79 Å². The zero-order valence-corrected chi connectivity index (χ0v) is 14.0. The molecular formula is C19H25NO3. The van der Waals surface area contributed by atoms with Crippen molar-refractivity contribution < 1.29 is 14.3 Å². The number of esters is 1. The molecule has 0 aliphatic carbocycles. The number of benzene rings is 1. The maximum Gasteiger partial charge on any atom is 0.328 e. The van der Waals surface area contributed by atoms with Gasteiger partial charge >= 0.3 is 5.97 Å². The minimum absolute atomic E-state index is 0.207. The summed E-state index contributed by atoms with van der Waals surface area (Å²) in [5.41, 5.74) is 0.920. The van der Waals surface area contributed by atoms with E-state index in [0.29, 0.717) is 6.42 Å². The molecule has 0 heterocycles. The van der Waals surface area contributed by atoms with E-state index < -0.39 is 12.0 Å². The highest BCUT2D eigenvalue weighted by Crippen LogP contribution is 2.09. The Labute approximate surface area is 138 Å². The van der Waals surface area contributed by atoms with Crippen LogP contribution in [0.3, 0.4) is 0 Å². The fourth-order valence-corrected chi connectivity index (χ4v) is 1.99. The predicted molar refractivity (Wildman–Crippen MR) is 91.6 cm³/mol. The van der Waals surface area contributed by atoms with Crippen molar-refractivity contribution in [1.29, 1.82) is 0 Å². The van der Waals surface area contributed by atoms with Gasteiger partial charge in [-0.05, 0) is 24.8 Å². The van der Waals surface area contributed by atoms with Gasteiger partial charge in [-0.1, -0.05) is 62.4 Å². The van der Waals surface area contributed by atoms with Crippen molar-refractivity contribution in [2.24, 2.45) is 5.92 Å². The van der Waals surface area contributed by atoms with Crippen molar-refractivity contribution in [3.8, 4) is 0 Å². The third kappa shape index (κ3) is 8.00. The molecule has 0 saturated carbocycles. The molecule has 0 aliphatic rings. The highest BCUT2D eigenvalue weighted by Gasteiger charge is 2.22. The average Bonchev–Trinajstić information content (AvgIpc) is 2.53. The number of ether oxygens (including phenoxy) is 1. The molecule has 0 fully saturated rings. The number of hydrogen-bond acceptors (Lipinski definition) is 3. The Hall–Kier alpha value is -2.36. The van der Waals surface area contributed by atoms with Gasteiger partial charge in [-0.25, -0.2) is 4.79 Å². The first-order valence-electron chi connectivity index (χ1n) is 7.83. The first-order chi connectivity index (χ1) is 11.0. The standard InChI is InChI=1S/C19H25NO3/c1-4-5-7-12-18(21)20-17(13-15(2)3)19(22)23-14-16-10-8-6-9-11-16/h4-12,15,17H,13-14H2,1-3H3,(H,20,21)/t17-/m0/s1. The van der Waals surface area contributed by atoms with Crippen LogP contribution >= 0.6 is 0 Å². The Morgan fingerprint density at radius 2 is 1.87 bits per heavy atom. The van der Waals surface area contributed by atoms with Crippen molar-refractivity contribution in [2.45, 2.75) is 39.8 Å². The Morgan fingerprint density at radius 1 is 1.17 bits per heavy atom. The predicted octanol–water partition coefficient (Wildman–Crippen LogP) is 3.39. The molecule has 124 valence electrons. The summed E-state index contributed by atoms with van der Waals surface area (Å²) in [6.45, 7) is 6.07. The lowest BCUT2D eigenvalue weighted by molar-refractivity contribution is -0.149. The van der Waals surface area contributed by atoms with Crippen LogP contribution in [0.5, 0.6) is 0 Å². The molecule has 0 unspecified atom stereocenters. The van der Waals surface area contributed by atoms with Gasteiger partial charge in [-0.15, -0.1) is 0 Å². The van der Waals surface area contributed by atoms with Crippen molar-refractivity contribution in [1.82, 2.24) is 5.32 Å². The molecule has 1 aromatic rings. The van der Waals surface area contributed by atoms with Crippen LogP contribution in [0.1, 0.15) is 32.8 Å². The van der Waals surface area contributed by atoms with Crippen LogP contribution in [-0.2, 0) is 20.9 Å². The average molecular weight is 315 g/mol. The number of amides is 1. The van der Waals surface area contributed by atoms with Gasteiger partial charge in [0.05, 0.1) is 0 Å². The highest BCUT2D eigenvalue weighted by molar-refractivity contribution is 5.91. The van der Waals surface area contributed by atoms with Crippen LogP contribution in [-0.4, -0.2) is 17.9 Å². The van der Waals surface area contributed by atoms with E-state index in [-0.39, 0.29) is 18.4 Å². The van der Waals surface area contributed by atoms with Gasteiger partial charge in [0, 0.05) is 6.08 Å². The van der Waals surface area contributed by atoms with E-state index in [2.05, 4.69) is 5.32 Å². The first-order valence-corrected chi connectivity index (χ1v) is 7.83. The van der Waals surface area contributed by atoms with E-state index in [9.17, 15) is 9.59 Å². The molecular weight excluding hydrogens is 290 g/mol. The first kappa shape index (κ1) is 18.7. The second kappa shape index (κ2) is 10.4. The Kier molecular flexibility index (Phi) is 8.43. The maximum absolute atomic E-state index is 12.2. The molecule has 0 aliphatic heterocycles. The number of allylic oxidation sites excluding steroid dienone is 3. The van der Waals surface area contributed by atoms with Crippen LogP contribution in [0.25, 0.3) is 0 Å². The van der Waals surface area contributed by atoms with Crippen LogP contribution in [0.4, 0.5) is 0 Å². The van der Waals surface area contributed by atoms with Gasteiger partial charge in [0.25, 0.3) is 0 Å². The van der Waals surface area contributed by atoms with Gasteiger partial charge in [0.1, 0.15) is 12.6 Å². The van der Waals surface area contributed by atoms with E-state index in [1.807, 2.05) is 57.2 Å². The summed E-state index contributed by atoms with van der Waals surface area (Å²) >= 11 is 0. The van der Waals surface area contributed by atoms with Gasteiger partial charge in [-0.2, -0.15) is 0 Å². The largest absolute Gasteiger partial charge is 0.459 e. The molecule has 1 aromatic carbocycles. The van der Waals surface area contributed by atoms with Crippen molar-refractivity contribution >= 4 is 11.9 Å². The zero-order valence-electron chi connectivity index (χ0n) is 14.0. The highest BCUT2D eigenvalue weighted by atomic mass is 16.5. The Morgan fingerprint density at radius 3 is 2.48 bits per heavy atom. The Balaban J connectivity index is 2.61. The fraction of sp³-hybridized carbons (Fsp3) is 0.368. The molecule has 1 rings (SSSR count). The van der Waals surface area contributed by atoms with Gasteiger partial charge < -0.3 is 10.1 Å². The summed E-state index contributed by atoms with van der Waals surface area (Å²) in [5, 5.41) is 2.71. The number of rotatable bonds is 8. The Bertz CT molecular complexity index is 547. The van der Waals surface area contributed by atoms with E-state index in [4.69, 9.17) is 4.74 Å². The summed E-state index contributed by atoms with van der Waals surface area (Å²) in [4.78, 5) is 24.1. The minimum Gasteiger partial charge on any atom is -0.459 e. The molecule has 0 radical (unpaired) electrons. The number of hydrogen-bond donors (Lipinski definition) is 1. The lowest BCUT2D eigenvalue weighted by atomic mass is 10.0. The molecule has 0 saturated heterocycles. The molecule has 0 spiro atoms. The lowest BCUT2D eigenvalue weighted by Gasteiger charge is -2.18. The molecule has 4 heteroatoms. The zero-order chi connectivity index (χ0) is 17.1. The third-order valence-corrected chi connectivity index (χ3v) is 3.08. The van der Waals surface area contributed by atoms with Crippen LogP contribution in [0.2, 0.25) is 0 Å². The second-order valence-corrected chi connectivity index (χ2v) is 5.67. The topological polar surface area (TPSA) is 55.4 Å². The van der Waals surface area contributed by atoms with Crippen LogP contribution in [0, 0.1) is 5.92 Å². The molecule has 0 bridgehead atoms. The number of carbonyl (C=O) groups excluding carboxylic acids is 2. The van der Waals surface area contributed by atoms with Crippen molar-refractivity contribution in [3.63, 3.8) is 0 Å². The van der Waals surface area contributed by atoms with E-state index in [1.165, 1.54) is 6.08 Å². The molecule has 4 nitrogen and oxygen atoms in total. The summed E-state index contributed by atoms with van der Waals surface area (Å²) in [6, 6.07) is 8.84. The second-order valence-electron chi connectivity index (χ2n) is 5.67. The van der Waals surface area contributed by atoms with E-state index >= 15 is 0 Å². The molecule has 1 N–H and O–H groups in total. The van der Waals surface area contributed by atoms with Crippen LogP contribution in [0.15, 0.2) is 54.6 Å². The van der Waals surface area contributed by atoms with Crippen molar-refractivity contribution in [2.75, 3.05) is 0 Å². The summed E-state index contributed by atoms with van der Waals surface area (Å²) < 4.78 is 5.33. The number of nitrogens with one attached hydrogen (secondary N) is 1. The van der Waals surface area contributed by atoms with Gasteiger partial charge in [0.2, 0.25) is 5.91 Å². The SMILES string of the molecule is CC=CC=CC(=O)N[C@@H](CC(C)C)C(=O)OCc1ccccc1. The minimum atomic E-state index is -0.638.